The highest BCUT2D eigenvalue weighted by Crippen LogP contribution is 2.35. The van der Waals surface area contributed by atoms with Crippen LogP contribution in [0.3, 0.4) is 0 Å². The van der Waals surface area contributed by atoms with Crippen LogP contribution in [0.25, 0.3) is 0 Å². The molecule has 2 atom stereocenters. The van der Waals surface area contributed by atoms with Crippen LogP contribution in [0.2, 0.25) is 0 Å². The first-order valence-corrected chi connectivity index (χ1v) is 13.0. The van der Waals surface area contributed by atoms with Crippen molar-refractivity contribution in [3.05, 3.63) is 35.9 Å². The molecule has 0 aromatic heterocycles. The lowest BCUT2D eigenvalue weighted by Gasteiger charge is -2.51. The highest BCUT2D eigenvalue weighted by molar-refractivity contribution is 7.87. The average molecular weight is 442 g/mol. The van der Waals surface area contributed by atoms with Crippen molar-refractivity contribution in [3.8, 4) is 0 Å². The standard InChI is InChI=1S/C24H43NO4S/c1-5-6-7-8-9-10-11-12-13-17-20-25(3,4)24(22(2)26,30(27,28)29)21-23-18-15-14-16-19-23/h14-16,18-19,22,26H,5-13,17,20-21H2,1-4H3. The van der Waals surface area contributed by atoms with Gasteiger partial charge in [-0.2, -0.15) is 0 Å². The van der Waals surface area contributed by atoms with Gasteiger partial charge >= 0.3 is 0 Å². The Balaban J connectivity index is 2.70. The Morgan fingerprint density at radius 1 is 0.933 bits per heavy atom. The van der Waals surface area contributed by atoms with E-state index in [-0.39, 0.29) is 10.9 Å². The number of unbranched alkanes of at least 4 members (excludes halogenated alkanes) is 9. The molecule has 0 saturated carbocycles. The summed E-state index contributed by atoms with van der Waals surface area (Å²) in [6, 6.07) is 9.11. The summed E-state index contributed by atoms with van der Waals surface area (Å²) in [5, 5.41) is 10.6. The third-order valence-electron chi connectivity index (χ3n) is 6.48. The fourth-order valence-corrected chi connectivity index (χ4v) is 6.00. The van der Waals surface area contributed by atoms with Gasteiger partial charge in [-0.05, 0) is 25.3 Å². The number of benzene rings is 1. The Bertz CT molecular complexity index is 688. The summed E-state index contributed by atoms with van der Waals surface area (Å²) in [6.45, 7) is 4.19. The fourth-order valence-electron chi connectivity index (χ4n) is 4.54. The van der Waals surface area contributed by atoms with E-state index in [1.807, 2.05) is 30.3 Å². The van der Waals surface area contributed by atoms with E-state index < -0.39 is 21.1 Å². The van der Waals surface area contributed by atoms with E-state index in [4.69, 9.17) is 0 Å². The summed E-state index contributed by atoms with van der Waals surface area (Å²) in [7, 11) is -1.25. The fraction of sp³-hybridized carbons (Fsp3) is 0.750. The Kier molecular flexibility index (Phi) is 11.6. The predicted molar refractivity (Wildman–Crippen MR) is 123 cm³/mol. The van der Waals surface area contributed by atoms with Crippen LogP contribution in [0.5, 0.6) is 0 Å². The molecule has 0 aliphatic heterocycles. The predicted octanol–water partition coefficient (Wildman–Crippen LogP) is 4.85. The second kappa shape index (κ2) is 12.8. The van der Waals surface area contributed by atoms with Crippen LogP contribution in [0.4, 0.5) is 0 Å². The van der Waals surface area contributed by atoms with Gasteiger partial charge in [-0.25, -0.2) is 8.42 Å². The molecular formula is C24H43NO4S. The van der Waals surface area contributed by atoms with Gasteiger partial charge in [0.25, 0.3) is 0 Å². The van der Waals surface area contributed by atoms with Crippen molar-refractivity contribution in [2.24, 2.45) is 0 Å². The zero-order valence-corrected chi connectivity index (χ0v) is 20.3. The van der Waals surface area contributed by atoms with Crippen LogP contribution < -0.4 is 0 Å². The smallest absolute Gasteiger partial charge is 0.218 e. The summed E-state index contributed by atoms with van der Waals surface area (Å²) in [5.74, 6) is 0. The third kappa shape index (κ3) is 7.63. The van der Waals surface area contributed by atoms with E-state index in [0.717, 1.165) is 24.8 Å². The summed E-state index contributed by atoms with van der Waals surface area (Å²) < 4.78 is 37.5. The van der Waals surface area contributed by atoms with Crippen molar-refractivity contribution in [2.45, 2.75) is 95.5 Å². The molecule has 1 aromatic rings. The summed E-state index contributed by atoms with van der Waals surface area (Å²) in [4.78, 5) is -1.81. The van der Waals surface area contributed by atoms with E-state index in [1.54, 1.807) is 14.1 Å². The third-order valence-corrected chi connectivity index (χ3v) is 8.33. The average Bonchev–Trinajstić information content (AvgIpc) is 2.67. The molecule has 0 heterocycles. The van der Waals surface area contributed by atoms with E-state index in [1.165, 1.54) is 51.9 Å². The SMILES string of the molecule is CCCCCCCCCCCC[N+](C)(C)C(Cc1ccccc1)(C(C)O)S(=O)(=O)[O-]. The van der Waals surface area contributed by atoms with Crippen LogP contribution in [0.15, 0.2) is 30.3 Å². The quantitative estimate of drug-likeness (QED) is 0.226. The maximum Gasteiger partial charge on any atom is 0.218 e. The lowest BCUT2D eigenvalue weighted by Crippen LogP contribution is -2.70. The van der Waals surface area contributed by atoms with Crippen molar-refractivity contribution < 1.29 is 22.6 Å². The number of aliphatic hydroxyl groups excluding tert-OH is 1. The number of hydrogen-bond acceptors (Lipinski definition) is 4. The summed E-state index contributed by atoms with van der Waals surface area (Å²) in [5.41, 5.74) is 0.743. The molecule has 1 aromatic carbocycles. The van der Waals surface area contributed by atoms with Crippen LogP contribution in [-0.2, 0) is 16.5 Å². The number of quaternary nitrogens is 1. The molecule has 1 rings (SSSR count). The van der Waals surface area contributed by atoms with Crippen molar-refractivity contribution in [1.82, 2.24) is 0 Å². The van der Waals surface area contributed by atoms with E-state index in [2.05, 4.69) is 6.92 Å². The maximum atomic E-state index is 12.5. The monoisotopic (exact) mass is 441 g/mol. The van der Waals surface area contributed by atoms with Gasteiger partial charge in [0.1, 0.15) is 6.10 Å². The van der Waals surface area contributed by atoms with Crippen molar-refractivity contribution in [1.29, 1.82) is 0 Å². The van der Waals surface area contributed by atoms with Crippen LogP contribution in [0.1, 0.15) is 83.6 Å². The number of likely N-dealkylation sites (N-methyl/N-ethyl adjacent to an activating group) is 1. The first-order chi connectivity index (χ1) is 14.1. The van der Waals surface area contributed by atoms with Gasteiger partial charge in [0.05, 0.1) is 20.6 Å². The van der Waals surface area contributed by atoms with E-state index >= 15 is 0 Å². The first kappa shape index (κ1) is 27.1. The molecule has 0 amide bonds. The minimum absolute atomic E-state index is 0.00208. The van der Waals surface area contributed by atoms with Gasteiger partial charge in [-0.15, -0.1) is 0 Å². The molecule has 0 fully saturated rings. The van der Waals surface area contributed by atoms with Crippen molar-refractivity contribution >= 4 is 10.1 Å². The lowest BCUT2D eigenvalue weighted by molar-refractivity contribution is -0.930. The number of hydrogen-bond donors (Lipinski definition) is 1. The number of aliphatic hydroxyl groups is 1. The van der Waals surface area contributed by atoms with Crippen LogP contribution in [-0.4, -0.2) is 54.2 Å². The Morgan fingerprint density at radius 3 is 1.83 bits per heavy atom. The number of nitrogens with zero attached hydrogens (tertiary/aromatic N) is 1. The summed E-state index contributed by atoms with van der Waals surface area (Å²) in [6.07, 6.45) is 10.7. The largest absolute Gasteiger partial charge is 0.743 e. The molecule has 5 nitrogen and oxygen atoms in total. The Morgan fingerprint density at radius 2 is 1.40 bits per heavy atom. The minimum Gasteiger partial charge on any atom is -0.743 e. The van der Waals surface area contributed by atoms with Gasteiger partial charge in [-0.3, -0.25) is 0 Å². The van der Waals surface area contributed by atoms with E-state index in [9.17, 15) is 18.1 Å². The highest BCUT2D eigenvalue weighted by atomic mass is 32.2. The normalized spacial score (nSPS) is 15.7. The van der Waals surface area contributed by atoms with Crippen LogP contribution >= 0.6 is 0 Å². The molecule has 0 saturated heterocycles. The molecule has 0 aliphatic rings. The molecule has 0 aliphatic carbocycles. The Labute approximate surface area is 184 Å². The molecule has 1 N–H and O–H groups in total. The molecule has 0 radical (unpaired) electrons. The molecule has 0 bridgehead atoms. The highest BCUT2D eigenvalue weighted by Gasteiger charge is 2.55. The zero-order chi connectivity index (χ0) is 22.7. The Hall–Kier alpha value is -0.950. The molecule has 2 unspecified atom stereocenters. The zero-order valence-electron chi connectivity index (χ0n) is 19.5. The van der Waals surface area contributed by atoms with Gasteiger partial charge < -0.3 is 14.1 Å². The first-order valence-electron chi connectivity index (χ1n) is 11.6. The molecule has 6 heteroatoms. The van der Waals surface area contributed by atoms with Gasteiger partial charge in [0, 0.05) is 6.42 Å². The van der Waals surface area contributed by atoms with Gasteiger partial charge in [-0.1, -0.05) is 88.6 Å². The minimum atomic E-state index is -4.77. The second-order valence-electron chi connectivity index (χ2n) is 9.23. The maximum absolute atomic E-state index is 12.5. The van der Waals surface area contributed by atoms with E-state index in [0.29, 0.717) is 6.54 Å². The van der Waals surface area contributed by atoms with Gasteiger partial charge in [0.2, 0.25) is 4.87 Å². The van der Waals surface area contributed by atoms with Gasteiger partial charge in [0.15, 0.2) is 10.1 Å². The molecular weight excluding hydrogens is 398 g/mol. The number of rotatable bonds is 16. The molecule has 174 valence electrons. The van der Waals surface area contributed by atoms with Crippen molar-refractivity contribution in [2.75, 3.05) is 20.6 Å². The topological polar surface area (TPSA) is 77.4 Å². The van der Waals surface area contributed by atoms with Crippen LogP contribution in [0, 0.1) is 0 Å². The summed E-state index contributed by atoms with van der Waals surface area (Å²) >= 11 is 0. The second-order valence-corrected chi connectivity index (χ2v) is 10.8. The van der Waals surface area contributed by atoms with Crippen molar-refractivity contribution in [3.63, 3.8) is 0 Å². The molecule has 30 heavy (non-hydrogen) atoms. The molecule has 0 spiro atoms. The lowest BCUT2D eigenvalue weighted by atomic mass is 9.97.